The van der Waals surface area contributed by atoms with Crippen molar-refractivity contribution in [2.45, 2.75) is 32.3 Å². The van der Waals surface area contributed by atoms with Crippen LogP contribution in [0.15, 0.2) is 18.5 Å². The largest absolute Gasteiger partial charge is 0.388 e. The first-order chi connectivity index (χ1) is 6.75. The number of hydrogen-bond acceptors (Lipinski definition) is 2. The van der Waals surface area contributed by atoms with E-state index in [9.17, 15) is 5.11 Å². The summed E-state index contributed by atoms with van der Waals surface area (Å²) in [5.41, 5.74) is 1.98. The van der Waals surface area contributed by atoms with Crippen molar-refractivity contribution in [3.63, 3.8) is 0 Å². The number of aryl methyl sites for hydroxylation is 1. The van der Waals surface area contributed by atoms with Gasteiger partial charge < -0.3 is 5.11 Å². The molecule has 0 saturated carbocycles. The van der Waals surface area contributed by atoms with Crippen molar-refractivity contribution in [2.75, 3.05) is 0 Å². The lowest BCUT2D eigenvalue weighted by atomic mass is 10.0. The third-order valence-corrected chi connectivity index (χ3v) is 2.22. The van der Waals surface area contributed by atoms with Crippen molar-refractivity contribution in [1.29, 1.82) is 0 Å². The number of rotatable bonds is 4. The van der Waals surface area contributed by atoms with Crippen LogP contribution in [0.2, 0.25) is 0 Å². The van der Waals surface area contributed by atoms with Crippen LogP contribution in [0.1, 0.15) is 36.5 Å². The number of aliphatic hydroxyl groups is 1. The Balaban J connectivity index is 2.57. The van der Waals surface area contributed by atoms with E-state index in [1.165, 1.54) is 0 Å². The predicted octanol–water partition coefficient (Wildman–Crippen LogP) is 2.23. The molecule has 1 N–H and O–H groups in total. The lowest BCUT2D eigenvalue weighted by Crippen LogP contribution is -2.00. The number of terminal acetylenes is 1. The molecule has 1 aromatic rings. The smallest absolute Gasteiger partial charge is 0.0794 e. The summed E-state index contributed by atoms with van der Waals surface area (Å²) in [6, 6.07) is 1.86. The van der Waals surface area contributed by atoms with Crippen LogP contribution in [0.4, 0.5) is 0 Å². The van der Waals surface area contributed by atoms with Gasteiger partial charge in [-0.25, -0.2) is 0 Å². The first-order valence-corrected chi connectivity index (χ1v) is 4.77. The van der Waals surface area contributed by atoms with Crippen LogP contribution in [0.3, 0.4) is 0 Å². The summed E-state index contributed by atoms with van der Waals surface area (Å²) < 4.78 is 0. The molecule has 0 aromatic carbocycles. The standard InChI is InChI=1S/C12H15NO/c1-3-4-5-6-12(14)11-7-8-13-9-10(11)2/h1,7-9,12,14H,4-6H2,2H3. The third kappa shape index (κ3) is 2.86. The minimum absolute atomic E-state index is 0.411. The van der Waals surface area contributed by atoms with Crippen LogP contribution < -0.4 is 0 Å². The monoisotopic (exact) mass is 189 g/mol. The third-order valence-electron chi connectivity index (χ3n) is 2.22. The summed E-state index contributed by atoms with van der Waals surface area (Å²) >= 11 is 0. The molecule has 0 aliphatic heterocycles. The molecule has 1 atom stereocenters. The summed E-state index contributed by atoms with van der Waals surface area (Å²) in [5, 5.41) is 9.83. The van der Waals surface area contributed by atoms with Crippen LogP contribution >= 0.6 is 0 Å². The Morgan fingerprint density at radius 2 is 2.43 bits per heavy atom. The molecule has 14 heavy (non-hydrogen) atoms. The Hall–Kier alpha value is -1.33. The van der Waals surface area contributed by atoms with E-state index in [-0.39, 0.29) is 0 Å². The minimum atomic E-state index is -0.411. The maximum atomic E-state index is 9.83. The van der Waals surface area contributed by atoms with Gasteiger partial charge in [0.2, 0.25) is 0 Å². The maximum Gasteiger partial charge on any atom is 0.0794 e. The molecule has 1 unspecified atom stereocenters. The fourth-order valence-electron chi connectivity index (χ4n) is 1.41. The summed E-state index contributed by atoms with van der Waals surface area (Å²) in [6.07, 6.45) is 10.5. The van der Waals surface area contributed by atoms with E-state index in [0.29, 0.717) is 0 Å². The zero-order valence-electron chi connectivity index (χ0n) is 8.40. The highest BCUT2D eigenvalue weighted by Gasteiger charge is 2.08. The lowest BCUT2D eigenvalue weighted by Gasteiger charge is -2.11. The topological polar surface area (TPSA) is 33.1 Å². The average molecular weight is 189 g/mol. The molecule has 0 amide bonds. The Kier molecular flexibility index (Phi) is 4.15. The van der Waals surface area contributed by atoms with Gasteiger partial charge >= 0.3 is 0 Å². The van der Waals surface area contributed by atoms with Crippen molar-refractivity contribution < 1.29 is 5.11 Å². The van der Waals surface area contributed by atoms with Gasteiger partial charge in [-0.2, -0.15) is 0 Å². The Bertz CT molecular complexity index is 327. The van der Waals surface area contributed by atoms with Gasteiger partial charge in [0.1, 0.15) is 0 Å². The second kappa shape index (κ2) is 5.41. The van der Waals surface area contributed by atoms with Crippen molar-refractivity contribution >= 4 is 0 Å². The molecule has 2 heteroatoms. The fraction of sp³-hybridized carbons (Fsp3) is 0.417. The number of unbranched alkanes of at least 4 members (excludes halogenated alkanes) is 1. The molecule has 74 valence electrons. The van der Waals surface area contributed by atoms with Gasteiger partial charge in [-0.1, -0.05) is 0 Å². The SMILES string of the molecule is C#CCCCC(O)c1ccncc1C. The van der Waals surface area contributed by atoms with E-state index < -0.39 is 6.10 Å². The first kappa shape index (κ1) is 10.7. The molecule has 0 fully saturated rings. The molecule has 0 bridgehead atoms. The minimum Gasteiger partial charge on any atom is -0.388 e. The molecule has 1 heterocycles. The zero-order valence-corrected chi connectivity index (χ0v) is 8.40. The van der Waals surface area contributed by atoms with Crippen molar-refractivity contribution in [2.24, 2.45) is 0 Å². The molecular weight excluding hydrogens is 174 g/mol. The van der Waals surface area contributed by atoms with Gasteiger partial charge in [-0.15, -0.1) is 12.3 Å². The average Bonchev–Trinajstić information content (AvgIpc) is 2.18. The molecule has 0 saturated heterocycles. The number of aliphatic hydroxyl groups excluding tert-OH is 1. The highest BCUT2D eigenvalue weighted by Crippen LogP contribution is 2.21. The molecule has 0 aliphatic carbocycles. The second-order valence-electron chi connectivity index (χ2n) is 3.34. The summed E-state index contributed by atoms with van der Waals surface area (Å²) in [7, 11) is 0. The summed E-state index contributed by atoms with van der Waals surface area (Å²) in [6.45, 7) is 1.95. The summed E-state index contributed by atoms with van der Waals surface area (Å²) in [5.74, 6) is 2.57. The van der Waals surface area contributed by atoms with E-state index >= 15 is 0 Å². The van der Waals surface area contributed by atoms with Crippen LogP contribution in [0, 0.1) is 19.3 Å². The van der Waals surface area contributed by atoms with E-state index in [2.05, 4.69) is 10.9 Å². The van der Waals surface area contributed by atoms with Gasteiger partial charge in [0.25, 0.3) is 0 Å². The van der Waals surface area contributed by atoms with Gasteiger partial charge in [-0.05, 0) is 37.0 Å². The normalized spacial score (nSPS) is 12.1. The van der Waals surface area contributed by atoms with E-state index in [1.807, 2.05) is 13.0 Å². The van der Waals surface area contributed by atoms with Gasteiger partial charge in [0.15, 0.2) is 0 Å². The van der Waals surface area contributed by atoms with E-state index in [4.69, 9.17) is 6.42 Å². The Morgan fingerprint density at radius 3 is 3.07 bits per heavy atom. The first-order valence-electron chi connectivity index (χ1n) is 4.77. The quantitative estimate of drug-likeness (QED) is 0.582. The Morgan fingerprint density at radius 1 is 1.64 bits per heavy atom. The molecule has 0 aliphatic rings. The zero-order chi connectivity index (χ0) is 10.4. The van der Waals surface area contributed by atoms with Crippen LogP contribution in [0.25, 0.3) is 0 Å². The van der Waals surface area contributed by atoms with Gasteiger partial charge in [0.05, 0.1) is 6.10 Å². The number of pyridine rings is 1. The second-order valence-corrected chi connectivity index (χ2v) is 3.34. The van der Waals surface area contributed by atoms with E-state index in [0.717, 1.165) is 30.4 Å². The van der Waals surface area contributed by atoms with Gasteiger partial charge in [0, 0.05) is 18.8 Å². The number of hydrogen-bond donors (Lipinski definition) is 1. The summed E-state index contributed by atoms with van der Waals surface area (Å²) in [4.78, 5) is 3.98. The predicted molar refractivity (Wildman–Crippen MR) is 56.6 cm³/mol. The highest BCUT2D eigenvalue weighted by molar-refractivity contribution is 5.23. The maximum absolute atomic E-state index is 9.83. The Labute approximate surface area is 85.0 Å². The molecule has 1 aromatic heterocycles. The molecule has 2 nitrogen and oxygen atoms in total. The van der Waals surface area contributed by atoms with Crippen LogP contribution in [-0.2, 0) is 0 Å². The molecule has 1 rings (SSSR count). The fourth-order valence-corrected chi connectivity index (χ4v) is 1.41. The number of aromatic nitrogens is 1. The van der Waals surface area contributed by atoms with Crippen LogP contribution in [0.5, 0.6) is 0 Å². The highest BCUT2D eigenvalue weighted by atomic mass is 16.3. The number of nitrogens with zero attached hydrogens (tertiary/aromatic N) is 1. The van der Waals surface area contributed by atoms with Crippen molar-refractivity contribution in [3.05, 3.63) is 29.6 Å². The van der Waals surface area contributed by atoms with Gasteiger partial charge in [-0.3, -0.25) is 4.98 Å². The lowest BCUT2D eigenvalue weighted by molar-refractivity contribution is 0.164. The van der Waals surface area contributed by atoms with E-state index in [1.54, 1.807) is 12.4 Å². The molecular formula is C12H15NO. The molecule has 0 radical (unpaired) electrons. The van der Waals surface area contributed by atoms with Crippen molar-refractivity contribution in [3.8, 4) is 12.3 Å². The van der Waals surface area contributed by atoms with Crippen LogP contribution in [-0.4, -0.2) is 10.1 Å². The van der Waals surface area contributed by atoms with Crippen molar-refractivity contribution in [1.82, 2.24) is 4.98 Å². The molecule has 0 spiro atoms.